The molecule has 0 atom stereocenters. The monoisotopic (exact) mass is 326 g/mol. The summed E-state index contributed by atoms with van der Waals surface area (Å²) in [6.07, 6.45) is 2.50. The largest absolute Gasteiger partial charge is 0.356 e. The fraction of sp³-hybridized carbons (Fsp3) is 0.235. The van der Waals surface area contributed by atoms with Crippen LogP contribution < -0.4 is 10.6 Å². The first kappa shape index (κ1) is 15.9. The number of nitrogens with zero attached hydrogens (tertiary/aromatic N) is 4. The maximum atomic E-state index is 13.6. The lowest BCUT2D eigenvalue weighted by Crippen LogP contribution is -2.38. The SMILES string of the molecule is CN=C(NCCc1ccccc1F)NCc1nnc2ccccn12. The number of hydrogen-bond acceptors (Lipinski definition) is 3. The molecule has 0 saturated carbocycles. The van der Waals surface area contributed by atoms with E-state index in [1.807, 2.05) is 34.9 Å². The summed E-state index contributed by atoms with van der Waals surface area (Å²) in [5.41, 5.74) is 1.49. The first-order valence-electron chi connectivity index (χ1n) is 7.74. The molecule has 0 unspecified atom stereocenters. The van der Waals surface area contributed by atoms with Crippen LogP contribution in [0.2, 0.25) is 0 Å². The van der Waals surface area contributed by atoms with Crippen LogP contribution in [0.1, 0.15) is 11.4 Å². The van der Waals surface area contributed by atoms with Crippen LogP contribution in [0.4, 0.5) is 4.39 Å². The average Bonchev–Trinajstić information content (AvgIpc) is 3.03. The van der Waals surface area contributed by atoms with Crippen molar-refractivity contribution in [1.82, 2.24) is 25.2 Å². The van der Waals surface area contributed by atoms with E-state index in [0.717, 1.165) is 11.5 Å². The van der Waals surface area contributed by atoms with E-state index in [4.69, 9.17) is 0 Å². The van der Waals surface area contributed by atoms with E-state index in [-0.39, 0.29) is 5.82 Å². The van der Waals surface area contributed by atoms with Gasteiger partial charge in [-0.25, -0.2) is 4.39 Å². The standard InChI is InChI=1S/C17H19FN6/c1-19-17(20-10-9-13-6-2-3-7-14(13)18)21-12-16-23-22-15-8-4-5-11-24(15)16/h2-8,11H,9-10,12H2,1H3,(H2,19,20,21). The van der Waals surface area contributed by atoms with Gasteiger partial charge >= 0.3 is 0 Å². The lowest BCUT2D eigenvalue weighted by Gasteiger charge is -2.11. The van der Waals surface area contributed by atoms with Gasteiger partial charge in [0.15, 0.2) is 17.4 Å². The van der Waals surface area contributed by atoms with Gasteiger partial charge in [-0.2, -0.15) is 0 Å². The molecule has 2 aromatic heterocycles. The molecule has 7 heteroatoms. The number of aromatic nitrogens is 3. The molecule has 1 aromatic carbocycles. The number of aliphatic imine (C=N–C) groups is 1. The maximum absolute atomic E-state index is 13.6. The topological polar surface area (TPSA) is 66.6 Å². The molecule has 0 spiro atoms. The smallest absolute Gasteiger partial charge is 0.191 e. The Morgan fingerprint density at radius 2 is 1.96 bits per heavy atom. The van der Waals surface area contributed by atoms with Crippen LogP contribution in [-0.4, -0.2) is 34.2 Å². The number of benzene rings is 1. The molecule has 2 N–H and O–H groups in total. The third-order valence-electron chi connectivity index (χ3n) is 3.67. The minimum Gasteiger partial charge on any atom is -0.356 e. The fourth-order valence-corrected chi connectivity index (χ4v) is 2.41. The van der Waals surface area contributed by atoms with Crippen molar-refractivity contribution in [1.29, 1.82) is 0 Å². The summed E-state index contributed by atoms with van der Waals surface area (Å²) in [5.74, 6) is 1.25. The first-order chi connectivity index (χ1) is 11.8. The van der Waals surface area contributed by atoms with Crippen LogP contribution in [0, 0.1) is 5.82 Å². The number of hydrogen-bond donors (Lipinski definition) is 2. The second kappa shape index (κ2) is 7.54. The second-order valence-corrected chi connectivity index (χ2v) is 5.24. The van der Waals surface area contributed by atoms with Gasteiger partial charge in [-0.15, -0.1) is 10.2 Å². The highest BCUT2D eigenvalue weighted by Gasteiger charge is 2.06. The van der Waals surface area contributed by atoms with Gasteiger partial charge in [0.1, 0.15) is 5.82 Å². The highest BCUT2D eigenvalue weighted by molar-refractivity contribution is 5.79. The van der Waals surface area contributed by atoms with Gasteiger partial charge < -0.3 is 10.6 Å². The Morgan fingerprint density at radius 1 is 1.12 bits per heavy atom. The number of nitrogens with one attached hydrogen (secondary N) is 2. The third kappa shape index (κ3) is 3.68. The number of guanidine groups is 1. The van der Waals surface area contributed by atoms with Crippen LogP contribution >= 0.6 is 0 Å². The highest BCUT2D eigenvalue weighted by Crippen LogP contribution is 2.06. The van der Waals surface area contributed by atoms with Crippen molar-refractivity contribution in [2.45, 2.75) is 13.0 Å². The summed E-state index contributed by atoms with van der Waals surface area (Å²) in [4.78, 5) is 4.16. The van der Waals surface area contributed by atoms with Gasteiger partial charge in [-0.3, -0.25) is 9.39 Å². The molecular formula is C17H19FN6. The van der Waals surface area contributed by atoms with Gasteiger partial charge in [0.05, 0.1) is 6.54 Å². The molecule has 6 nitrogen and oxygen atoms in total. The van der Waals surface area contributed by atoms with Gasteiger partial charge in [-0.1, -0.05) is 24.3 Å². The zero-order valence-electron chi connectivity index (χ0n) is 13.4. The minimum atomic E-state index is -0.183. The molecular weight excluding hydrogens is 307 g/mol. The molecule has 24 heavy (non-hydrogen) atoms. The second-order valence-electron chi connectivity index (χ2n) is 5.24. The molecule has 0 amide bonds. The number of halogens is 1. The van der Waals surface area contributed by atoms with Crippen LogP contribution in [0.3, 0.4) is 0 Å². The normalized spacial score (nSPS) is 11.7. The van der Waals surface area contributed by atoms with Crippen molar-refractivity contribution < 1.29 is 4.39 Å². The molecule has 0 fully saturated rings. The number of rotatable bonds is 5. The zero-order valence-corrected chi connectivity index (χ0v) is 13.4. The molecule has 0 aliphatic rings. The molecule has 0 bridgehead atoms. The summed E-state index contributed by atoms with van der Waals surface area (Å²) in [7, 11) is 1.69. The van der Waals surface area contributed by atoms with Crippen LogP contribution in [0.5, 0.6) is 0 Å². The van der Waals surface area contributed by atoms with Crippen molar-refractivity contribution in [3.05, 3.63) is 65.9 Å². The van der Waals surface area contributed by atoms with Crippen molar-refractivity contribution in [2.75, 3.05) is 13.6 Å². The summed E-state index contributed by atoms with van der Waals surface area (Å²) in [5, 5.41) is 14.6. The lowest BCUT2D eigenvalue weighted by molar-refractivity contribution is 0.606. The van der Waals surface area contributed by atoms with E-state index in [2.05, 4.69) is 25.8 Å². The Kier molecular flexibility index (Phi) is 5.00. The Balaban J connectivity index is 1.53. The van der Waals surface area contributed by atoms with E-state index in [1.54, 1.807) is 19.2 Å². The van der Waals surface area contributed by atoms with Crippen LogP contribution in [-0.2, 0) is 13.0 Å². The summed E-state index contributed by atoms with van der Waals surface area (Å²) < 4.78 is 15.5. The van der Waals surface area contributed by atoms with E-state index in [1.165, 1.54) is 6.07 Å². The van der Waals surface area contributed by atoms with Crippen molar-refractivity contribution >= 4 is 11.6 Å². The Hall–Kier alpha value is -2.96. The predicted molar refractivity (Wildman–Crippen MR) is 91.3 cm³/mol. The van der Waals surface area contributed by atoms with Gasteiger partial charge in [0.25, 0.3) is 0 Å². The average molecular weight is 326 g/mol. The van der Waals surface area contributed by atoms with E-state index >= 15 is 0 Å². The quantitative estimate of drug-likeness (QED) is 0.554. The minimum absolute atomic E-state index is 0.183. The van der Waals surface area contributed by atoms with Crippen molar-refractivity contribution in [3.8, 4) is 0 Å². The van der Waals surface area contributed by atoms with Crippen molar-refractivity contribution in [3.63, 3.8) is 0 Å². The molecule has 0 aliphatic heterocycles. The number of pyridine rings is 1. The van der Waals surface area contributed by atoms with Gasteiger partial charge in [-0.05, 0) is 30.2 Å². The van der Waals surface area contributed by atoms with Gasteiger partial charge in [0.2, 0.25) is 0 Å². The van der Waals surface area contributed by atoms with Crippen LogP contribution in [0.25, 0.3) is 5.65 Å². The highest BCUT2D eigenvalue weighted by atomic mass is 19.1. The van der Waals surface area contributed by atoms with E-state index in [9.17, 15) is 4.39 Å². The lowest BCUT2D eigenvalue weighted by atomic mass is 10.1. The predicted octanol–water partition coefficient (Wildman–Crippen LogP) is 1.78. The van der Waals surface area contributed by atoms with Crippen molar-refractivity contribution in [2.24, 2.45) is 4.99 Å². The summed E-state index contributed by atoms with van der Waals surface area (Å²) in [6, 6.07) is 12.5. The molecule has 3 aromatic rings. The fourth-order valence-electron chi connectivity index (χ4n) is 2.41. The van der Waals surface area contributed by atoms with Crippen LogP contribution in [0.15, 0.2) is 53.7 Å². The first-order valence-corrected chi connectivity index (χ1v) is 7.74. The Morgan fingerprint density at radius 3 is 2.79 bits per heavy atom. The van der Waals surface area contributed by atoms with Gasteiger partial charge in [0, 0.05) is 19.8 Å². The molecule has 2 heterocycles. The molecule has 0 radical (unpaired) electrons. The third-order valence-corrected chi connectivity index (χ3v) is 3.67. The summed E-state index contributed by atoms with van der Waals surface area (Å²) in [6.45, 7) is 1.08. The molecule has 0 saturated heterocycles. The number of fused-ring (bicyclic) bond motifs is 1. The maximum Gasteiger partial charge on any atom is 0.191 e. The van der Waals surface area contributed by atoms with E-state index < -0.39 is 0 Å². The Labute approximate surface area is 139 Å². The zero-order chi connectivity index (χ0) is 16.8. The van der Waals surface area contributed by atoms with E-state index in [0.29, 0.717) is 31.0 Å². The Bertz CT molecular complexity index is 842. The molecule has 124 valence electrons. The molecule has 0 aliphatic carbocycles. The molecule has 3 rings (SSSR count). The summed E-state index contributed by atoms with van der Waals surface area (Å²) >= 11 is 0.